The average molecular weight is 346 g/mol. The monoisotopic (exact) mass is 344 g/mol. The summed E-state index contributed by atoms with van der Waals surface area (Å²) in [7, 11) is 0. The Balaban J connectivity index is 2.27. The summed E-state index contributed by atoms with van der Waals surface area (Å²) in [5, 5.41) is 0.962. The molecule has 2 aromatic rings. The Morgan fingerprint density at radius 2 is 1.76 bits per heavy atom. The summed E-state index contributed by atoms with van der Waals surface area (Å²) < 4.78 is 2.31. The molecule has 1 fully saturated rings. The molecule has 1 saturated carbocycles. The number of hydrogen-bond donors (Lipinski definition) is 0. The SMILES string of the molecule is CC(Cl)c1nc2cc(Cl)c(Cl)cc2n1C1(C)CCCCC1. The molecule has 21 heavy (non-hydrogen) atoms. The highest BCUT2D eigenvalue weighted by atomic mass is 35.5. The Bertz CT molecular complexity index is 670. The summed E-state index contributed by atoms with van der Waals surface area (Å²) in [5.74, 6) is 0.911. The maximum absolute atomic E-state index is 6.39. The third-order valence-electron chi connectivity index (χ3n) is 4.55. The molecule has 1 aliphatic carbocycles. The molecule has 0 amide bonds. The molecule has 0 aliphatic heterocycles. The van der Waals surface area contributed by atoms with Gasteiger partial charge in [-0.3, -0.25) is 0 Å². The van der Waals surface area contributed by atoms with Crippen LogP contribution in [0.2, 0.25) is 10.0 Å². The second-order valence-electron chi connectivity index (χ2n) is 6.23. The van der Waals surface area contributed by atoms with Crippen LogP contribution in [0.25, 0.3) is 11.0 Å². The van der Waals surface area contributed by atoms with E-state index in [1.165, 1.54) is 19.3 Å². The highest BCUT2D eigenvalue weighted by Crippen LogP contribution is 2.41. The third-order valence-corrected chi connectivity index (χ3v) is 5.47. The molecule has 5 heteroatoms. The number of fused-ring (bicyclic) bond motifs is 1. The van der Waals surface area contributed by atoms with E-state index in [0.717, 1.165) is 29.7 Å². The van der Waals surface area contributed by atoms with E-state index in [0.29, 0.717) is 10.0 Å². The van der Waals surface area contributed by atoms with Gasteiger partial charge in [-0.1, -0.05) is 42.5 Å². The van der Waals surface area contributed by atoms with Crippen LogP contribution in [0.5, 0.6) is 0 Å². The van der Waals surface area contributed by atoms with Crippen molar-refractivity contribution in [2.24, 2.45) is 0 Å². The van der Waals surface area contributed by atoms with Crippen LogP contribution in [-0.4, -0.2) is 9.55 Å². The first kappa shape index (κ1) is 15.5. The van der Waals surface area contributed by atoms with E-state index in [1.54, 1.807) is 0 Å². The van der Waals surface area contributed by atoms with E-state index >= 15 is 0 Å². The second-order valence-corrected chi connectivity index (χ2v) is 7.70. The Morgan fingerprint density at radius 1 is 1.14 bits per heavy atom. The Labute approximate surface area is 140 Å². The molecule has 0 saturated heterocycles. The average Bonchev–Trinajstić information content (AvgIpc) is 2.79. The van der Waals surface area contributed by atoms with Gasteiger partial charge < -0.3 is 4.57 Å². The van der Waals surface area contributed by atoms with Gasteiger partial charge in [0, 0.05) is 5.54 Å². The fraction of sp³-hybridized carbons (Fsp3) is 0.562. The predicted molar refractivity (Wildman–Crippen MR) is 90.8 cm³/mol. The van der Waals surface area contributed by atoms with Crippen molar-refractivity contribution in [3.05, 3.63) is 28.0 Å². The van der Waals surface area contributed by atoms with Gasteiger partial charge in [0.05, 0.1) is 26.5 Å². The molecule has 0 N–H and O–H groups in total. The predicted octanol–water partition coefficient (Wildman–Crippen LogP) is 6.32. The molecule has 3 rings (SSSR count). The van der Waals surface area contributed by atoms with Crippen molar-refractivity contribution in [3.8, 4) is 0 Å². The van der Waals surface area contributed by atoms with Crippen LogP contribution >= 0.6 is 34.8 Å². The minimum Gasteiger partial charge on any atom is -0.321 e. The first-order valence-corrected chi connectivity index (χ1v) is 8.63. The lowest BCUT2D eigenvalue weighted by molar-refractivity contribution is 0.219. The molecule has 0 spiro atoms. The normalized spacial score (nSPS) is 19.9. The number of benzene rings is 1. The van der Waals surface area contributed by atoms with Gasteiger partial charge >= 0.3 is 0 Å². The molecule has 1 aliphatic rings. The molecule has 1 aromatic heterocycles. The standard InChI is InChI=1S/C16H19Cl3N2/c1-10(17)15-20-13-8-11(18)12(19)9-14(13)21(15)16(2)6-4-3-5-7-16/h8-10H,3-7H2,1-2H3. The van der Waals surface area contributed by atoms with E-state index in [2.05, 4.69) is 11.5 Å². The summed E-state index contributed by atoms with van der Waals surface area (Å²) >= 11 is 18.8. The van der Waals surface area contributed by atoms with Crippen LogP contribution in [-0.2, 0) is 5.54 Å². The Morgan fingerprint density at radius 3 is 2.38 bits per heavy atom. The first-order valence-electron chi connectivity index (χ1n) is 7.44. The molecule has 2 nitrogen and oxygen atoms in total. The van der Waals surface area contributed by atoms with Gasteiger partial charge in [-0.15, -0.1) is 11.6 Å². The number of alkyl halides is 1. The zero-order valence-corrected chi connectivity index (χ0v) is 14.6. The fourth-order valence-electron chi connectivity index (χ4n) is 3.46. The maximum Gasteiger partial charge on any atom is 0.128 e. The largest absolute Gasteiger partial charge is 0.321 e. The minimum absolute atomic E-state index is 0.0582. The number of halogens is 3. The minimum atomic E-state index is -0.145. The lowest BCUT2D eigenvalue weighted by Gasteiger charge is -2.37. The van der Waals surface area contributed by atoms with Gasteiger partial charge in [0.25, 0.3) is 0 Å². The smallest absolute Gasteiger partial charge is 0.128 e. The van der Waals surface area contributed by atoms with Crippen molar-refractivity contribution in [2.45, 2.75) is 56.9 Å². The summed E-state index contributed by atoms with van der Waals surface area (Å²) in [6, 6.07) is 3.76. The van der Waals surface area contributed by atoms with E-state index in [9.17, 15) is 0 Å². The van der Waals surface area contributed by atoms with Crippen molar-refractivity contribution in [1.29, 1.82) is 0 Å². The van der Waals surface area contributed by atoms with Crippen molar-refractivity contribution < 1.29 is 0 Å². The van der Waals surface area contributed by atoms with E-state index in [-0.39, 0.29) is 10.9 Å². The van der Waals surface area contributed by atoms with Gasteiger partial charge in [-0.05, 0) is 38.8 Å². The van der Waals surface area contributed by atoms with Crippen LogP contribution in [0.15, 0.2) is 12.1 Å². The van der Waals surface area contributed by atoms with Gasteiger partial charge in [0.2, 0.25) is 0 Å². The van der Waals surface area contributed by atoms with Crippen LogP contribution in [0, 0.1) is 0 Å². The molecule has 0 radical (unpaired) electrons. The van der Waals surface area contributed by atoms with Gasteiger partial charge in [-0.2, -0.15) is 0 Å². The number of hydrogen-bond acceptors (Lipinski definition) is 1. The summed E-state index contributed by atoms with van der Waals surface area (Å²) in [6.45, 7) is 4.27. The first-order chi connectivity index (χ1) is 9.92. The molecule has 114 valence electrons. The lowest BCUT2D eigenvalue weighted by atomic mass is 9.82. The van der Waals surface area contributed by atoms with Gasteiger partial charge in [0.15, 0.2) is 0 Å². The van der Waals surface area contributed by atoms with Gasteiger partial charge in [-0.25, -0.2) is 4.98 Å². The quantitative estimate of drug-likeness (QED) is 0.582. The fourth-order valence-corrected chi connectivity index (χ4v) is 3.92. The van der Waals surface area contributed by atoms with Crippen LogP contribution < -0.4 is 0 Å². The highest BCUT2D eigenvalue weighted by Gasteiger charge is 2.33. The summed E-state index contributed by atoms with van der Waals surface area (Å²) in [5.41, 5.74) is 1.97. The molecule has 1 atom stereocenters. The zero-order chi connectivity index (χ0) is 15.2. The van der Waals surface area contributed by atoms with E-state index < -0.39 is 0 Å². The summed E-state index contributed by atoms with van der Waals surface area (Å²) in [4.78, 5) is 4.72. The zero-order valence-electron chi connectivity index (χ0n) is 12.3. The topological polar surface area (TPSA) is 17.8 Å². The highest BCUT2D eigenvalue weighted by molar-refractivity contribution is 6.42. The molecule has 0 bridgehead atoms. The molecular weight excluding hydrogens is 327 g/mol. The number of rotatable bonds is 2. The van der Waals surface area contributed by atoms with Gasteiger partial charge in [0.1, 0.15) is 5.82 Å². The van der Waals surface area contributed by atoms with E-state index in [4.69, 9.17) is 39.8 Å². The van der Waals surface area contributed by atoms with Crippen molar-refractivity contribution in [3.63, 3.8) is 0 Å². The maximum atomic E-state index is 6.39. The number of aromatic nitrogens is 2. The Kier molecular flexibility index (Phi) is 4.15. The molecular formula is C16H19Cl3N2. The Hall–Kier alpha value is -0.440. The van der Waals surface area contributed by atoms with Crippen LogP contribution in [0.1, 0.15) is 57.2 Å². The number of imidazole rings is 1. The third kappa shape index (κ3) is 2.67. The lowest BCUT2D eigenvalue weighted by Crippen LogP contribution is -2.34. The van der Waals surface area contributed by atoms with Crippen molar-refractivity contribution in [1.82, 2.24) is 9.55 Å². The summed E-state index contributed by atoms with van der Waals surface area (Å²) in [6.07, 6.45) is 6.09. The second kappa shape index (κ2) is 5.64. The molecule has 1 heterocycles. The van der Waals surface area contributed by atoms with E-state index in [1.807, 2.05) is 19.1 Å². The number of nitrogens with zero attached hydrogens (tertiary/aromatic N) is 2. The molecule has 1 unspecified atom stereocenters. The van der Waals surface area contributed by atoms with Crippen molar-refractivity contribution >= 4 is 45.8 Å². The molecule has 1 aromatic carbocycles. The van der Waals surface area contributed by atoms with Crippen LogP contribution in [0.4, 0.5) is 0 Å². The van der Waals surface area contributed by atoms with Crippen molar-refractivity contribution in [2.75, 3.05) is 0 Å². The van der Waals surface area contributed by atoms with Crippen LogP contribution in [0.3, 0.4) is 0 Å².